The Bertz CT molecular complexity index is 1210. The summed E-state index contributed by atoms with van der Waals surface area (Å²) in [6.07, 6.45) is 10.5. The summed E-state index contributed by atoms with van der Waals surface area (Å²) in [6, 6.07) is 9.98. The molecule has 158 valence electrons. The molecule has 1 atom stereocenters. The molecule has 0 radical (unpaired) electrons. The van der Waals surface area contributed by atoms with Crippen LogP contribution in [0, 0.1) is 0 Å². The van der Waals surface area contributed by atoms with Gasteiger partial charge in [0.1, 0.15) is 0 Å². The molecular weight excluding hydrogens is 388 g/mol. The fourth-order valence-corrected chi connectivity index (χ4v) is 3.92. The van der Waals surface area contributed by atoms with Gasteiger partial charge in [-0.15, -0.1) is 0 Å². The third kappa shape index (κ3) is 3.83. The van der Waals surface area contributed by atoms with Crippen molar-refractivity contribution in [2.75, 3.05) is 0 Å². The summed E-state index contributed by atoms with van der Waals surface area (Å²) in [5.74, 6) is 0.380. The Morgan fingerprint density at radius 3 is 2.74 bits per heavy atom. The zero-order valence-corrected chi connectivity index (χ0v) is 17.8. The van der Waals surface area contributed by atoms with Crippen LogP contribution in [0.2, 0.25) is 0 Å². The molecule has 0 bridgehead atoms. The molecule has 1 saturated carbocycles. The van der Waals surface area contributed by atoms with E-state index in [1.54, 1.807) is 18.7 Å². The first kappa shape index (κ1) is 19.5. The van der Waals surface area contributed by atoms with Crippen molar-refractivity contribution in [2.24, 2.45) is 0 Å². The maximum Gasteiger partial charge on any atom is 0.252 e. The normalized spacial score (nSPS) is 14.6. The molecule has 1 N–H and O–H groups in total. The first-order valence-corrected chi connectivity index (χ1v) is 10.9. The number of pyridine rings is 1. The van der Waals surface area contributed by atoms with Crippen molar-refractivity contribution in [1.29, 1.82) is 0 Å². The second-order valence-electron chi connectivity index (χ2n) is 8.23. The molecule has 1 aromatic carbocycles. The van der Waals surface area contributed by atoms with Crippen LogP contribution in [0.5, 0.6) is 0 Å². The van der Waals surface area contributed by atoms with Crippen LogP contribution in [-0.4, -0.2) is 30.2 Å². The van der Waals surface area contributed by atoms with E-state index < -0.39 is 0 Å². The first-order valence-electron chi connectivity index (χ1n) is 10.9. The summed E-state index contributed by atoms with van der Waals surface area (Å²) in [6.45, 7) is 4.92. The lowest BCUT2D eigenvalue weighted by molar-refractivity contribution is 0.0941. The van der Waals surface area contributed by atoms with Crippen molar-refractivity contribution in [3.63, 3.8) is 0 Å². The standard InChI is InChI=1S/C24H26N6O/c1-3-11-30-23-21(14-26-30)20(13-22(28-23)18-4-5-18)24(31)27-16(2)17-6-8-19(9-7-17)29-12-10-25-15-29/h6-10,12-16,18H,3-5,11H2,1-2H3,(H,27,31)/t16-/m0/s1. The fourth-order valence-electron chi connectivity index (χ4n) is 3.92. The van der Waals surface area contributed by atoms with Crippen LogP contribution < -0.4 is 5.32 Å². The highest BCUT2D eigenvalue weighted by molar-refractivity contribution is 6.05. The molecule has 1 fully saturated rings. The van der Waals surface area contributed by atoms with E-state index in [-0.39, 0.29) is 11.9 Å². The molecule has 4 aromatic rings. The van der Waals surface area contributed by atoms with Crippen LogP contribution in [0.1, 0.15) is 66.7 Å². The molecular formula is C24H26N6O. The van der Waals surface area contributed by atoms with Gasteiger partial charge in [0.2, 0.25) is 0 Å². The lowest BCUT2D eigenvalue weighted by atomic mass is 10.1. The molecule has 0 spiro atoms. The highest BCUT2D eigenvalue weighted by Gasteiger charge is 2.28. The Balaban J connectivity index is 1.40. The van der Waals surface area contributed by atoms with Crippen LogP contribution >= 0.6 is 0 Å². The summed E-state index contributed by atoms with van der Waals surface area (Å²) in [5.41, 5.74) is 4.57. The second-order valence-corrected chi connectivity index (χ2v) is 8.23. The molecule has 0 unspecified atom stereocenters. The molecule has 7 heteroatoms. The number of fused-ring (bicyclic) bond motifs is 1. The van der Waals surface area contributed by atoms with Gasteiger partial charge in [0.15, 0.2) is 5.65 Å². The molecule has 1 aliphatic carbocycles. The molecule has 5 rings (SSSR count). The third-order valence-corrected chi connectivity index (χ3v) is 5.85. The number of hydrogen-bond donors (Lipinski definition) is 1. The number of amides is 1. The Morgan fingerprint density at radius 1 is 1.26 bits per heavy atom. The summed E-state index contributed by atoms with van der Waals surface area (Å²) >= 11 is 0. The second kappa shape index (κ2) is 7.98. The molecule has 7 nitrogen and oxygen atoms in total. The molecule has 1 amide bonds. The number of benzene rings is 1. The number of aryl methyl sites for hydroxylation is 1. The summed E-state index contributed by atoms with van der Waals surface area (Å²) in [4.78, 5) is 22.2. The average Bonchev–Trinajstić information content (AvgIpc) is 3.34. The topological polar surface area (TPSA) is 77.6 Å². The zero-order valence-electron chi connectivity index (χ0n) is 17.8. The van der Waals surface area contributed by atoms with Gasteiger partial charge in [-0.3, -0.25) is 4.79 Å². The van der Waals surface area contributed by atoms with Crippen LogP contribution in [0.3, 0.4) is 0 Å². The molecule has 0 saturated heterocycles. The van der Waals surface area contributed by atoms with Crippen molar-refractivity contribution in [3.05, 3.63) is 72.1 Å². The third-order valence-electron chi connectivity index (χ3n) is 5.85. The minimum absolute atomic E-state index is 0.0865. The van der Waals surface area contributed by atoms with Crippen LogP contribution in [0.25, 0.3) is 16.7 Å². The van der Waals surface area contributed by atoms with E-state index >= 15 is 0 Å². The van der Waals surface area contributed by atoms with E-state index in [4.69, 9.17) is 4.98 Å². The minimum atomic E-state index is -0.123. The van der Waals surface area contributed by atoms with Gasteiger partial charge < -0.3 is 9.88 Å². The molecule has 0 aliphatic heterocycles. The smallest absolute Gasteiger partial charge is 0.252 e. The predicted molar refractivity (Wildman–Crippen MR) is 119 cm³/mol. The number of nitrogens with zero attached hydrogens (tertiary/aromatic N) is 5. The fraction of sp³-hybridized carbons (Fsp3) is 0.333. The van der Waals surface area contributed by atoms with E-state index in [1.807, 2.05) is 52.7 Å². The summed E-state index contributed by atoms with van der Waals surface area (Å²) < 4.78 is 3.87. The van der Waals surface area contributed by atoms with Crippen LogP contribution in [0.4, 0.5) is 0 Å². The van der Waals surface area contributed by atoms with Gasteiger partial charge in [0.05, 0.1) is 29.5 Å². The molecule has 1 aliphatic rings. The quantitative estimate of drug-likeness (QED) is 0.486. The summed E-state index contributed by atoms with van der Waals surface area (Å²) in [7, 11) is 0. The molecule has 3 heterocycles. The summed E-state index contributed by atoms with van der Waals surface area (Å²) in [5, 5.41) is 8.47. The Hall–Kier alpha value is -3.48. The number of hydrogen-bond acceptors (Lipinski definition) is 4. The number of imidazole rings is 1. The predicted octanol–water partition coefficient (Wildman–Crippen LogP) is 4.40. The Kier molecular flexibility index (Phi) is 5.02. The van der Waals surface area contributed by atoms with E-state index in [0.29, 0.717) is 11.5 Å². The minimum Gasteiger partial charge on any atom is -0.345 e. The van der Waals surface area contributed by atoms with Crippen molar-refractivity contribution in [1.82, 2.24) is 29.6 Å². The number of carbonyl (C=O) groups excluding carboxylic acids is 1. The average molecular weight is 415 g/mol. The SMILES string of the molecule is CCCn1ncc2c(C(=O)N[C@@H](C)c3ccc(-n4ccnc4)cc3)cc(C3CC3)nc21. The Labute approximate surface area is 181 Å². The number of rotatable bonds is 7. The zero-order chi connectivity index (χ0) is 21.4. The number of nitrogens with one attached hydrogen (secondary N) is 1. The molecule has 31 heavy (non-hydrogen) atoms. The van der Waals surface area contributed by atoms with Gasteiger partial charge in [-0.2, -0.15) is 5.10 Å². The molecule has 3 aromatic heterocycles. The lowest BCUT2D eigenvalue weighted by Gasteiger charge is -2.16. The van der Waals surface area contributed by atoms with Gasteiger partial charge in [0, 0.05) is 36.2 Å². The lowest BCUT2D eigenvalue weighted by Crippen LogP contribution is -2.27. The van der Waals surface area contributed by atoms with Crippen molar-refractivity contribution in [2.45, 2.75) is 51.6 Å². The maximum absolute atomic E-state index is 13.3. The van der Waals surface area contributed by atoms with Gasteiger partial charge in [-0.1, -0.05) is 19.1 Å². The van der Waals surface area contributed by atoms with Crippen molar-refractivity contribution < 1.29 is 4.79 Å². The maximum atomic E-state index is 13.3. The highest BCUT2D eigenvalue weighted by Crippen LogP contribution is 2.40. The van der Waals surface area contributed by atoms with E-state index in [0.717, 1.165) is 53.8 Å². The van der Waals surface area contributed by atoms with E-state index in [2.05, 4.69) is 22.3 Å². The largest absolute Gasteiger partial charge is 0.345 e. The van der Waals surface area contributed by atoms with Gasteiger partial charge in [0.25, 0.3) is 5.91 Å². The van der Waals surface area contributed by atoms with Gasteiger partial charge in [-0.05, 0) is 49.9 Å². The van der Waals surface area contributed by atoms with E-state index in [1.165, 1.54) is 0 Å². The number of aromatic nitrogens is 5. The van der Waals surface area contributed by atoms with E-state index in [9.17, 15) is 4.79 Å². The van der Waals surface area contributed by atoms with Crippen LogP contribution in [-0.2, 0) is 6.54 Å². The Morgan fingerprint density at radius 2 is 2.06 bits per heavy atom. The highest BCUT2D eigenvalue weighted by atomic mass is 16.1. The van der Waals surface area contributed by atoms with Crippen LogP contribution in [0.15, 0.2) is 55.2 Å². The van der Waals surface area contributed by atoms with Gasteiger partial charge in [-0.25, -0.2) is 14.6 Å². The van der Waals surface area contributed by atoms with Gasteiger partial charge >= 0.3 is 0 Å². The monoisotopic (exact) mass is 414 g/mol. The van der Waals surface area contributed by atoms with Crippen molar-refractivity contribution in [3.8, 4) is 5.69 Å². The van der Waals surface area contributed by atoms with Crippen molar-refractivity contribution >= 4 is 16.9 Å². The number of carbonyl (C=O) groups is 1. The first-order chi connectivity index (χ1) is 15.1.